The average Bonchev–Trinajstić information content (AvgIpc) is 3.36. The largest absolute Gasteiger partial charge is 0.366 e. The quantitative estimate of drug-likeness (QED) is 0.629. The van der Waals surface area contributed by atoms with Crippen LogP contribution in [0.5, 0.6) is 0 Å². The van der Waals surface area contributed by atoms with Crippen molar-refractivity contribution in [1.82, 2.24) is 19.7 Å². The highest BCUT2D eigenvalue weighted by molar-refractivity contribution is 5.97. The summed E-state index contributed by atoms with van der Waals surface area (Å²) in [5, 5.41) is 5.70. The van der Waals surface area contributed by atoms with Crippen LogP contribution in [0.1, 0.15) is 59.5 Å². The van der Waals surface area contributed by atoms with Crippen molar-refractivity contribution < 1.29 is 4.79 Å². The van der Waals surface area contributed by atoms with Gasteiger partial charge in [-0.1, -0.05) is 6.42 Å². The van der Waals surface area contributed by atoms with E-state index in [0.717, 1.165) is 62.3 Å². The third kappa shape index (κ3) is 4.01. The first kappa shape index (κ1) is 19.4. The van der Waals surface area contributed by atoms with Crippen molar-refractivity contribution in [2.45, 2.75) is 51.0 Å². The summed E-state index contributed by atoms with van der Waals surface area (Å²) < 4.78 is 2.14. The van der Waals surface area contributed by atoms with Crippen LogP contribution in [-0.2, 0) is 13.0 Å². The lowest BCUT2D eigenvalue weighted by molar-refractivity contribution is 0.100. The first-order chi connectivity index (χ1) is 14.7. The molecule has 1 saturated heterocycles. The van der Waals surface area contributed by atoms with Crippen LogP contribution < -0.4 is 5.73 Å². The summed E-state index contributed by atoms with van der Waals surface area (Å²) in [6.45, 7) is 4.42. The third-order valence-corrected chi connectivity index (χ3v) is 7.10. The van der Waals surface area contributed by atoms with Gasteiger partial charge in [0.15, 0.2) is 0 Å². The summed E-state index contributed by atoms with van der Waals surface area (Å²) in [5.41, 5.74) is 9.81. The average molecular weight is 406 g/mol. The molecule has 1 aromatic carbocycles. The fraction of sp³-hybridized carbons (Fsp3) is 0.500. The second-order valence-electron chi connectivity index (χ2n) is 9.10. The van der Waals surface area contributed by atoms with Crippen LogP contribution in [0.15, 0.2) is 36.8 Å². The zero-order valence-corrected chi connectivity index (χ0v) is 17.5. The van der Waals surface area contributed by atoms with Crippen molar-refractivity contribution in [2.24, 2.45) is 11.7 Å². The van der Waals surface area contributed by atoms with Crippen LogP contribution >= 0.6 is 0 Å². The predicted octanol–water partition coefficient (Wildman–Crippen LogP) is 3.69. The number of aromatic nitrogens is 3. The second kappa shape index (κ2) is 8.26. The fourth-order valence-electron chi connectivity index (χ4n) is 4.96. The van der Waals surface area contributed by atoms with Gasteiger partial charge in [-0.25, -0.2) is 0 Å². The molecule has 0 unspecified atom stereocenters. The van der Waals surface area contributed by atoms with Crippen molar-refractivity contribution in [3.63, 3.8) is 0 Å². The number of carbonyl (C=O) groups excluding carboxylic acids is 1. The molecule has 2 fully saturated rings. The summed E-state index contributed by atoms with van der Waals surface area (Å²) >= 11 is 0. The maximum absolute atomic E-state index is 11.6. The number of amides is 1. The van der Waals surface area contributed by atoms with Gasteiger partial charge in [-0.3, -0.25) is 9.48 Å². The summed E-state index contributed by atoms with van der Waals surface area (Å²) in [6, 6.07) is 5.69. The number of benzene rings is 1. The number of fused-ring (bicyclic) bond motifs is 1. The first-order valence-corrected chi connectivity index (χ1v) is 11.3. The Morgan fingerprint density at radius 3 is 2.77 bits per heavy atom. The topological polar surface area (TPSA) is 79.9 Å². The van der Waals surface area contributed by atoms with E-state index in [9.17, 15) is 4.79 Å². The summed E-state index contributed by atoms with van der Waals surface area (Å²) in [6.07, 6.45) is 13.9. The minimum atomic E-state index is -0.366. The van der Waals surface area contributed by atoms with Gasteiger partial charge in [0.2, 0.25) is 5.91 Å². The highest BCUT2D eigenvalue weighted by Crippen LogP contribution is 2.33. The molecular formula is C24H31N5O. The highest BCUT2D eigenvalue weighted by atomic mass is 16.1. The van der Waals surface area contributed by atoms with Crippen molar-refractivity contribution in [3.05, 3.63) is 53.5 Å². The number of hydrogen-bond acceptors (Lipinski definition) is 3. The van der Waals surface area contributed by atoms with Crippen LogP contribution in [0, 0.1) is 5.92 Å². The molecule has 0 bridgehead atoms. The number of carbonyl (C=O) groups is 1. The van der Waals surface area contributed by atoms with E-state index in [0.29, 0.717) is 11.5 Å². The molecule has 1 aliphatic carbocycles. The molecule has 2 aliphatic rings. The molecule has 6 nitrogen and oxygen atoms in total. The van der Waals surface area contributed by atoms with Gasteiger partial charge in [0.1, 0.15) is 0 Å². The molecule has 0 spiro atoms. The lowest BCUT2D eigenvalue weighted by Crippen LogP contribution is -2.34. The van der Waals surface area contributed by atoms with Gasteiger partial charge in [-0.05, 0) is 86.4 Å². The molecule has 0 atom stereocenters. The fourth-order valence-corrected chi connectivity index (χ4v) is 4.96. The van der Waals surface area contributed by atoms with Gasteiger partial charge >= 0.3 is 0 Å². The van der Waals surface area contributed by atoms with E-state index in [4.69, 9.17) is 5.73 Å². The third-order valence-electron chi connectivity index (χ3n) is 7.10. The molecule has 5 rings (SSSR count). The maximum Gasteiger partial charge on any atom is 0.248 e. The van der Waals surface area contributed by atoms with E-state index < -0.39 is 0 Å². The van der Waals surface area contributed by atoms with Gasteiger partial charge in [0.05, 0.1) is 6.20 Å². The number of nitrogens with two attached hydrogens (primary N) is 1. The second-order valence-corrected chi connectivity index (χ2v) is 9.10. The predicted molar refractivity (Wildman–Crippen MR) is 119 cm³/mol. The lowest BCUT2D eigenvalue weighted by atomic mass is 9.85. The molecule has 1 saturated carbocycles. The number of aromatic amines is 1. The molecule has 158 valence electrons. The van der Waals surface area contributed by atoms with Crippen molar-refractivity contribution >= 4 is 16.8 Å². The number of primary amides is 1. The number of H-pyrrole nitrogens is 1. The van der Waals surface area contributed by atoms with E-state index in [2.05, 4.69) is 32.1 Å². The van der Waals surface area contributed by atoms with E-state index in [-0.39, 0.29) is 5.91 Å². The Hall–Kier alpha value is -2.60. The maximum atomic E-state index is 11.6. The Kier molecular flexibility index (Phi) is 5.34. The van der Waals surface area contributed by atoms with Crippen LogP contribution in [0.3, 0.4) is 0 Å². The molecule has 6 heteroatoms. The summed E-state index contributed by atoms with van der Waals surface area (Å²) in [5.74, 6) is 1.01. The van der Waals surface area contributed by atoms with E-state index >= 15 is 0 Å². The number of nitrogens with one attached hydrogen (secondary N) is 1. The van der Waals surface area contributed by atoms with E-state index in [1.165, 1.54) is 30.4 Å². The van der Waals surface area contributed by atoms with Crippen LogP contribution in [0.25, 0.3) is 10.9 Å². The van der Waals surface area contributed by atoms with Gasteiger partial charge in [-0.2, -0.15) is 5.10 Å². The van der Waals surface area contributed by atoms with Crippen molar-refractivity contribution in [3.8, 4) is 0 Å². The molecule has 2 aromatic heterocycles. The Morgan fingerprint density at radius 2 is 2.03 bits per heavy atom. The Morgan fingerprint density at radius 1 is 1.20 bits per heavy atom. The van der Waals surface area contributed by atoms with Crippen LogP contribution in [0.4, 0.5) is 0 Å². The smallest absolute Gasteiger partial charge is 0.248 e. The normalized spacial score (nSPS) is 18.7. The van der Waals surface area contributed by atoms with Gasteiger partial charge in [-0.15, -0.1) is 0 Å². The molecule has 3 aromatic rings. The Bertz CT molecular complexity index is 1020. The Balaban J connectivity index is 1.15. The van der Waals surface area contributed by atoms with Gasteiger partial charge < -0.3 is 15.6 Å². The Labute approximate surface area is 177 Å². The van der Waals surface area contributed by atoms with E-state index in [1.54, 1.807) is 6.07 Å². The van der Waals surface area contributed by atoms with Crippen molar-refractivity contribution in [2.75, 3.05) is 19.6 Å². The summed E-state index contributed by atoms with van der Waals surface area (Å²) in [4.78, 5) is 17.5. The summed E-state index contributed by atoms with van der Waals surface area (Å²) in [7, 11) is 0. The van der Waals surface area contributed by atoms with E-state index in [1.807, 2.05) is 18.3 Å². The monoisotopic (exact) mass is 405 g/mol. The standard InChI is InChI=1S/C24H31N5O/c25-24(30)20-4-5-23-21(12-20)22(14-26-23)19-7-10-28(11-8-19)9-6-18-13-27-29(16-18)15-17-2-1-3-17/h4-5,12-14,16-17,19,26H,1-3,6-11,15H2,(H2,25,30). The minimum Gasteiger partial charge on any atom is -0.366 e. The molecule has 3 heterocycles. The number of rotatable bonds is 7. The SMILES string of the molecule is NC(=O)c1ccc2[nH]cc(C3CCN(CCc4cnn(CC5CCC5)c4)CC3)c2c1. The number of piperidine rings is 1. The molecular weight excluding hydrogens is 374 g/mol. The zero-order valence-electron chi connectivity index (χ0n) is 17.5. The molecule has 1 aliphatic heterocycles. The molecule has 0 radical (unpaired) electrons. The van der Waals surface area contributed by atoms with Crippen LogP contribution in [-0.4, -0.2) is 45.2 Å². The zero-order chi connectivity index (χ0) is 20.5. The van der Waals surface area contributed by atoms with Gasteiger partial charge in [0, 0.05) is 41.9 Å². The minimum absolute atomic E-state index is 0.366. The highest BCUT2D eigenvalue weighted by Gasteiger charge is 2.23. The molecule has 30 heavy (non-hydrogen) atoms. The molecule has 3 N–H and O–H groups in total. The first-order valence-electron chi connectivity index (χ1n) is 11.3. The number of hydrogen-bond donors (Lipinski definition) is 2. The van der Waals surface area contributed by atoms with Gasteiger partial charge in [0.25, 0.3) is 0 Å². The van der Waals surface area contributed by atoms with Crippen LogP contribution in [0.2, 0.25) is 0 Å². The number of likely N-dealkylation sites (tertiary alicyclic amines) is 1. The van der Waals surface area contributed by atoms with Crippen molar-refractivity contribution in [1.29, 1.82) is 0 Å². The number of nitrogens with zero attached hydrogens (tertiary/aromatic N) is 3. The molecule has 1 amide bonds. The lowest BCUT2D eigenvalue weighted by Gasteiger charge is -2.31.